The minimum absolute atomic E-state index is 0.0749. The van der Waals surface area contributed by atoms with Crippen LogP contribution in [-0.2, 0) is 0 Å². The van der Waals surface area contributed by atoms with Crippen LogP contribution in [0.25, 0.3) is 0 Å². The van der Waals surface area contributed by atoms with Crippen LogP contribution in [0.5, 0.6) is 0 Å². The van der Waals surface area contributed by atoms with E-state index in [9.17, 15) is 14.3 Å². The van der Waals surface area contributed by atoms with Gasteiger partial charge >= 0.3 is 0 Å². The SMILES string of the molecule is O=C(NC1CCCCCC1O)c1cccc(Cl)c1F. The Balaban J connectivity index is 2.09. The Labute approximate surface area is 116 Å². The van der Waals surface area contributed by atoms with Crippen molar-refractivity contribution in [3.8, 4) is 0 Å². The van der Waals surface area contributed by atoms with E-state index in [-0.39, 0.29) is 16.6 Å². The lowest BCUT2D eigenvalue weighted by Gasteiger charge is -2.21. The van der Waals surface area contributed by atoms with Crippen LogP contribution in [0.2, 0.25) is 5.02 Å². The number of hydrogen-bond acceptors (Lipinski definition) is 2. The molecular formula is C14H17ClFNO2. The van der Waals surface area contributed by atoms with E-state index in [2.05, 4.69) is 5.32 Å². The van der Waals surface area contributed by atoms with Crippen molar-refractivity contribution in [3.63, 3.8) is 0 Å². The highest BCUT2D eigenvalue weighted by Crippen LogP contribution is 2.20. The van der Waals surface area contributed by atoms with E-state index in [1.165, 1.54) is 18.2 Å². The number of halogens is 2. The molecule has 0 aliphatic heterocycles. The fraction of sp³-hybridized carbons (Fsp3) is 0.500. The summed E-state index contributed by atoms with van der Waals surface area (Å²) in [5.74, 6) is -1.24. The summed E-state index contributed by atoms with van der Waals surface area (Å²) in [6, 6.07) is 4.01. The van der Waals surface area contributed by atoms with Crippen molar-refractivity contribution < 1.29 is 14.3 Å². The van der Waals surface area contributed by atoms with E-state index < -0.39 is 17.8 Å². The van der Waals surface area contributed by atoms with E-state index in [4.69, 9.17) is 11.6 Å². The van der Waals surface area contributed by atoms with Gasteiger partial charge in [-0.25, -0.2) is 4.39 Å². The lowest BCUT2D eigenvalue weighted by molar-refractivity contribution is 0.0815. The molecule has 1 saturated carbocycles. The third kappa shape index (κ3) is 3.45. The number of aliphatic hydroxyl groups is 1. The Morgan fingerprint density at radius 1 is 1.32 bits per heavy atom. The molecule has 1 aliphatic carbocycles. The van der Waals surface area contributed by atoms with Gasteiger partial charge in [0.15, 0.2) is 5.82 Å². The molecule has 0 spiro atoms. The first-order chi connectivity index (χ1) is 9.09. The number of carbonyl (C=O) groups is 1. The van der Waals surface area contributed by atoms with Gasteiger partial charge in [-0.3, -0.25) is 4.79 Å². The third-order valence-electron chi connectivity index (χ3n) is 3.49. The Kier molecular flexibility index (Phi) is 4.77. The molecule has 2 atom stereocenters. The zero-order valence-corrected chi connectivity index (χ0v) is 11.3. The van der Waals surface area contributed by atoms with Gasteiger partial charge < -0.3 is 10.4 Å². The van der Waals surface area contributed by atoms with Crippen molar-refractivity contribution in [3.05, 3.63) is 34.6 Å². The molecule has 0 radical (unpaired) electrons. The molecule has 0 saturated heterocycles. The predicted octanol–water partition coefficient (Wildman–Crippen LogP) is 2.90. The normalized spacial score (nSPS) is 23.7. The Bertz CT molecular complexity index is 467. The van der Waals surface area contributed by atoms with Gasteiger partial charge in [0.25, 0.3) is 5.91 Å². The molecule has 104 valence electrons. The maximum Gasteiger partial charge on any atom is 0.254 e. The summed E-state index contributed by atoms with van der Waals surface area (Å²) in [6.07, 6.45) is 3.79. The number of hydrogen-bond donors (Lipinski definition) is 2. The fourth-order valence-electron chi connectivity index (χ4n) is 2.38. The van der Waals surface area contributed by atoms with Crippen LogP contribution < -0.4 is 5.32 Å². The Hall–Kier alpha value is -1.13. The van der Waals surface area contributed by atoms with Crippen LogP contribution in [0.4, 0.5) is 4.39 Å². The van der Waals surface area contributed by atoms with Crippen molar-refractivity contribution in [1.29, 1.82) is 0 Å². The van der Waals surface area contributed by atoms with Gasteiger partial charge in [0.2, 0.25) is 0 Å². The lowest BCUT2D eigenvalue weighted by atomic mass is 10.1. The summed E-state index contributed by atoms with van der Waals surface area (Å²) in [5.41, 5.74) is -0.0797. The summed E-state index contributed by atoms with van der Waals surface area (Å²) in [4.78, 5) is 12.0. The Morgan fingerprint density at radius 2 is 2.05 bits per heavy atom. The topological polar surface area (TPSA) is 49.3 Å². The van der Waals surface area contributed by atoms with Gasteiger partial charge in [-0.15, -0.1) is 0 Å². The molecule has 1 fully saturated rings. The quantitative estimate of drug-likeness (QED) is 0.821. The van der Waals surface area contributed by atoms with E-state index in [0.717, 1.165) is 25.7 Å². The van der Waals surface area contributed by atoms with E-state index in [1.54, 1.807) is 0 Å². The molecule has 1 aliphatic rings. The van der Waals surface area contributed by atoms with E-state index in [0.29, 0.717) is 6.42 Å². The minimum atomic E-state index is -0.718. The standard InChI is InChI=1S/C14H17ClFNO2/c15-10-6-4-5-9(13(10)16)14(19)17-11-7-2-1-3-8-12(11)18/h4-6,11-12,18H,1-3,7-8H2,(H,17,19). The van der Waals surface area contributed by atoms with Gasteiger partial charge in [0.1, 0.15) is 0 Å². The van der Waals surface area contributed by atoms with Crippen LogP contribution in [-0.4, -0.2) is 23.2 Å². The molecule has 3 nitrogen and oxygen atoms in total. The number of carbonyl (C=O) groups excluding carboxylic acids is 1. The zero-order valence-electron chi connectivity index (χ0n) is 10.5. The number of amides is 1. The molecule has 0 heterocycles. The third-order valence-corrected chi connectivity index (χ3v) is 3.78. The summed E-state index contributed by atoms with van der Waals surface area (Å²) < 4.78 is 13.7. The van der Waals surface area contributed by atoms with Crippen LogP contribution in [0.1, 0.15) is 42.5 Å². The number of aliphatic hydroxyl groups excluding tert-OH is 1. The smallest absolute Gasteiger partial charge is 0.254 e. The van der Waals surface area contributed by atoms with E-state index in [1.807, 2.05) is 0 Å². The second-order valence-electron chi connectivity index (χ2n) is 4.89. The van der Waals surface area contributed by atoms with Crippen LogP contribution in [0.3, 0.4) is 0 Å². The summed E-state index contributed by atoms with van der Waals surface area (Å²) >= 11 is 5.65. The number of benzene rings is 1. The average Bonchev–Trinajstić information content (AvgIpc) is 2.58. The number of rotatable bonds is 2. The molecular weight excluding hydrogens is 269 g/mol. The summed E-state index contributed by atoms with van der Waals surface area (Å²) in [7, 11) is 0. The molecule has 0 bridgehead atoms. The molecule has 5 heteroatoms. The Morgan fingerprint density at radius 3 is 2.84 bits per heavy atom. The van der Waals surface area contributed by atoms with Crippen molar-refractivity contribution >= 4 is 17.5 Å². The molecule has 19 heavy (non-hydrogen) atoms. The summed E-state index contributed by atoms with van der Waals surface area (Å²) in [6.45, 7) is 0. The number of nitrogens with one attached hydrogen (secondary N) is 1. The maximum atomic E-state index is 13.7. The first kappa shape index (κ1) is 14.3. The summed E-state index contributed by atoms with van der Waals surface area (Å²) in [5, 5.41) is 12.6. The molecule has 1 amide bonds. The van der Waals surface area contributed by atoms with Crippen molar-refractivity contribution in [1.82, 2.24) is 5.32 Å². The molecule has 2 unspecified atom stereocenters. The second-order valence-corrected chi connectivity index (χ2v) is 5.29. The lowest BCUT2D eigenvalue weighted by Crippen LogP contribution is -2.42. The zero-order chi connectivity index (χ0) is 13.8. The first-order valence-corrected chi connectivity index (χ1v) is 6.90. The highest BCUT2D eigenvalue weighted by Gasteiger charge is 2.24. The van der Waals surface area contributed by atoms with Gasteiger partial charge in [-0.05, 0) is 25.0 Å². The van der Waals surface area contributed by atoms with E-state index >= 15 is 0 Å². The van der Waals surface area contributed by atoms with Gasteiger partial charge in [-0.1, -0.05) is 36.9 Å². The van der Waals surface area contributed by atoms with Crippen molar-refractivity contribution in [2.24, 2.45) is 0 Å². The van der Waals surface area contributed by atoms with Gasteiger partial charge in [0.05, 0.1) is 22.7 Å². The van der Waals surface area contributed by atoms with Crippen LogP contribution in [0.15, 0.2) is 18.2 Å². The highest BCUT2D eigenvalue weighted by atomic mass is 35.5. The molecule has 0 aromatic heterocycles. The van der Waals surface area contributed by atoms with Crippen LogP contribution >= 0.6 is 11.6 Å². The molecule has 2 N–H and O–H groups in total. The van der Waals surface area contributed by atoms with Gasteiger partial charge in [-0.2, -0.15) is 0 Å². The molecule has 1 aromatic carbocycles. The molecule has 1 aromatic rings. The van der Waals surface area contributed by atoms with Crippen LogP contribution in [0, 0.1) is 5.82 Å². The predicted molar refractivity (Wildman–Crippen MR) is 71.8 cm³/mol. The minimum Gasteiger partial charge on any atom is -0.391 e. The molecule has 2 rings (SSSR count). The average molecular weight is 286 g/mol. The fourth-order valence-corrected chi connectivity index (χ4v) is 2.56. The second kappa shape index (κ2) is 6.35. The van der Waals surface area contributed by atoms with Gasteiger partial charge in [0, 0.05) is 0 Å². The maximum absolute atomic E-state index is 13.7. The largest absolute Gasteiger partial charge is 0.391 e. The highest BCUT2D eigenvalue weighted by molar-refractivity contribution is 6.31. The van der Waals surface area contributed by atoms with Crippen molar-refractivity contribution in [2.45, 2.75) is 44.2 Å². The first-order valence-electron chi connectivity index (χ1n) is 6.52. The monoisotopic (exact) mass is 285 g/mol. The van der Waals surface area contributed by atoms with Crippen molar-refractivity contribution in [2.75, 3.05) is 0 Å².